The number of rotatable bonds is 8. The van der Waals surface area contributed by atoms with Gasteiger partial charge in [-0.2, -0.15) is 0 Å². The van der Waals surface area contributed by atoms with Crippen LogP contribution in [0.1, 0.15) is 6.92 Å². The van der Waals surface area contributed by atoms with Crippen molar-refractivity contribution in [3.8, 4) is 17.0 Å². The van der Waals surface area contributed by atoms with Crippen LogP contribution < -0.4 is 20.7 Å². The van der Waals surface area contributed by atoms with E-state index in [-0.39, 0.29) is 11.2 Å². The van der Waals surface area contributed by atoms with Crippen molar-refractivity contribution >= 4 is 62.8 Å². The summed E-state index contributed by atoms with van der Waals surface area (Å²) in [5.41, 5.74) is 3.54. The molecule has 0 fully saturated rings. The monoisotopic (exact) mass is 520 g/mol. The van der Waals surface area contributed by atoms with Crippen molar-refractivity contribution in [1.29, 1.82) is 0 Å². The summed E-state index contributed by atoms with van der Waals surface area (Å²) in [6, 6.07) is 25.2. The zero-order valence-corrected chi connectivity index (χ0v) is 21.6. The lowest BCUT2D eigenvalue weighted by Crippen LogP contribution is -2.22. The van der Waals surface area contributed by atoms with E-state index in [0.717, 1.165) is 33.3 Å². The van der Waals surface area contributed by atoms with Gasteiger partial charge in [-0.15, -0.1) is 23.1 Å². The Balaban J connectivity index is 1.32. The van der Waals surface area contributed by atoms with Gasteiger partial charge in [0.25, 0.3) is 0 Å². The van der Waals surface area contributed by atoms with E-state index in [1.165, 1.54) is 23.1 Å². The van der Waals surface area contributed by atoms with Gasteiger partial charge < -0.3 is 20.7 Å². The smallest absolute Gasteiger partial charge is 0.239 e. The predicted molar refractivity (Wildman–Crippen MR) is 151 cm³/mol. The number of carbonyl (C=O) groups is 1. The van der Waals surface area contributed by atoms with Gasteiger partial charge >= 0.3 is 0 Å². The molecule has 3 aromatic carbocycles. The quantitative estimate of drug-likeness (QED) is 0.175. The molecule has 0 spiro atoms. The Hall–Kier alpha value is -3.40. The highest BCUT2D eigenvalue weighted by molar-refractivity contribution is 8.00. The summed E-state index contributed by atoms with van der Waals surface area (Å²) in [6.45, 7) is 1.87. The van der Waals surface area contributed by atoms with E-state index in [4.69, 9.17) is 17.0 Å². The van der Waals surface area contributed by atoms with Gasteiger partial charge in [0.1, 0.15) is 5.75 Å². The fraction of sp³-hybridized carbons (Fsp3) is 0.115. The maximum atomic E-state index is 12.8. The van der Waals surface area contributed by atoms with Crippen molar-refractivity contribution in [3.63, 3.8) is 0 Å². The second kappa shape index (κ2) is 11.8. The van der Waals surface area contributed by atoms with Crippen molar-refractivity contribution in [2.75, 3.05) is 23.1 Å². The number of nitrogens with zero attached hydrogens (tertiary/aromatic N) is 1. The molecular weight excluding hydrogens is 497 g/mol. The average Bonchev–Trinajstić information content (AvgIpc) is 3.33. The second-order valence-corrected chi connectivity index (χ2v) is 10.2. The number of anilines is 3. The maximum Gasteiger partial charge on any atom is 0.239 e. The first-order chi connectivity index (χ1) is 17.0. The number of aromatic nitrogens is 1. The summed E-state index contributed by atoms with van der Waals surface area (Å²) in [5.74, 6) is 0.683. The van der Waals surface area contributed by atoms with Crippen LogP contribution in [0.4, 0.5) is 16.5 Å². The Morgan fingerprint density at radius 3 is 2.43 bits per heavy atom. The number of ether oxygens (including phenoxy) is 1. The number of carbonyl (C=O) groups excluding carboxylic acids is 1. The van der Waals surface area contributed by atoms with Gasteiger partial charge in [0.15, 0.2) is 10.2 Å². The molecule has 1 aromatic heterocycles. The van der Waals surface area contributed by atoms with E-state index in [1.54, 1.807) is 7.11 Å². The van der Waals surface area contributed by atoms with Crippen LogP contribution in [0.3, 0.4) is 0 Å². The molecule has 9 heteroatoms. The number of hydrogen-bond acceptors (Lipinski definition) is 6. The van der Waals surface area contributed by atoms with Gasteiger partial charge in [-0.3, -0.25) is 4.79 Å². The molecule has 0 saturated heterocycles. The lowest BCUT2D eigenvalue weighted by atomic mass is 10.2. The lowest BCUT2D eigenvalue weighted by molar-refractivity contribution is -0.115. The first kappa shape index (κ1) is 24.7. The highest BCUT2D eigenvalue weighted by Crippen LogP contribution is 2.29. The second-order valence-electron chi connectivity index (χ2n) is 7.49. The molecule has 1 amide bonds. The van der Waals surface area contributed by atoms with E-state index in [1.807, 2.05) is 91.2 Å². The standard InChI is InChI=1S/C26H24N4O2S3/c1-17(24(31)30-26-29-23(16-34-26)18-11-13-21(32-2)14-12-18)35-22-10-6-9-20(15-22)28-25(33)27-19-7-4-3-5-8-19/h3-17H,1-2H3,(H2,27,28,33)(H,29,30,31). The highest BCUT2D eigenvalue weighted by atomic mass is 32.2. The topological polar surface area (TPSA) is 75.3 Å². The van der Waals surface area contributed by atoms with Crippen LogP contribution in [0.15, 0.2) is 89.1 Å². The number of nitrogens with one attached hydrogen (secondary N) is 3. The first-order valence-corrected chi connectivity index (χ1v) is 13.0. The van der Waals surface area contributed by atoms with Crippen molar-refractivity contribution in [2.45, 2.75) is 17.1 Å². The molecule has 1 unspecified atom stereocenters. The van der Waals surface area contributed by atoms with Crippen molar-refractivity contribution in [2.24, 2.45) is 0 Å². The number of thiazole rings is 1. The Morgan fingerprint density at radius 2 is 1.69 bits per heavy atom. The fourth-order valence-electron chi connectivity index (χ4n) is 3.15. The summed E-state index contributed by atoms with van der Waals surface area (Å²) in [6.07, 6.45) is 0. The Bertz CT molecular complexity index is 1290. The molecule has 0 radical (unpaired) electrons. The van der Waals surface area contributed by atoms with Gasteiger partial charge in [-0.05, 0) is 73.7 Å². The van der Waals surface area contributed by atoms with Crippen LogP contribution in [-0.2, 0) is 4.79 Å². The minimum atomic E-state index is -0.312. The molecule has 3 N–H and O–H groups in total. The lowest BCUT2D eigenvalue weighted by Gasteiger charge is -2.13. The van der Waals surface area contributed by atoms with Crippen molar-refractivity contribution in [3.05, 3.63) is 84.2 Å². The van der Waals surface area contributed by atoms with Gasteiger partial charge in [-0.25, -0.2) is 4.98 Å². The van der Waals surface area contributed by atoms with Crippen LogP contribution in [0.5, 0.6) is 5.75 Å². The number of para-hydroxylation sites is 1. The zero-order valence-electron chi connectivity index (χ0n) is 19.1. The third-order valence-electron chi connectivity index (χ3n) is 4.93. The molecule has 35 heavy (non-hydrogen) atoms. The number of hydrogen-bond donors (Lipinski definition) is 3. The van der Waals surface area contributed by atoms with E-state index in [0.29, 0.717) is 10.2 Å². The number of thiocarbonyl (C=S) groups is 1. The molecular formula is C26H24N4O2S3. The number of amides is 1. The summed E-state index contributed by atoms with van der Waals surface area (Å²) in [5, 5.41) is 12.0. The number of methoxy groups -OCH3 is 1. The third-order valence-corrected chi connectivity index (χ3v) is 6.98. The highest BCUT2D eigenvalue weighted by Gasteiger charge is 2.17. The minimum Gasteiger partial charge on any atom is -0.497 e. The maximum absolute atomic E-state index is 12.8. The summed E-state index contributed by atoms with van der Waals surface area (Å²) >= 11 is 8.28. The molecule has 0 aliphatic heterocycles. The molecule has 0 aliphatic carbocycles. The largest absolute Gasteiger partial charge is 0.497 e. The molecule has 1 heterocycles. The Labute approximate surface area is 218 Å². The molecule has 6 nitrogen and oxygen atoms in total. The van der Waals surface area contributed by atoms with Gasteiger partial charge in [0, 0.05) is 27.2 Å². The van der Waals surface area contributed by atoms with E-state index in [2.05, 4.69) is 20.9 Å². The molecule has 0 saturated carbocycles. The fourth-order valence-corrected chi connectivity index (χ4v) is 5.04. The van der Waals surface area contributed by atoms with Crippen LogP contribution in [0.2, 0.25) is 0 Å². The van der Waals surface area contributed by atoms with E-state index in [9.17, 15) is 4.79 Å². The molecule has 4 rings (SSSR count). The average molecular weight is 521 g/mol. The molecule has 4 aromatic rings. The summed E-state index contributed by atoms with van der Waals surface area (Å²) in [7, 11) is 1.63. The number of benzene rings is 3. The van der Waals surface area contributed by atoms with Crippen LogP contribution in [0.25, 0.3) is 11.3 Å². The molecule has 0 aliphatic rings. The molecule has 178 valence electrons. The number of thioether (sulfide) groups is 1. The van der Waals surface area contributed by atoms with Crippen LogP contribution >= 0.6 is 35.3 Å². The van der Waals surface area contributed by atoms with Gasteiger partial charge in [-0.1, -0.05) is 24.3 Å². The minimum absolute atomic E-state index is 0.106. The van der Waals surface area contributed by atoms with E-state index < -0.39 is 0 Å². The third kappa shape index (κ3) is 7.05. The first-order valence-electron chi connectivity index (χ1n) is 10.8. The van der Waals surface area contributed by atoms with Crippen molar-refractivity contribution in [1.82, 2.24) is 4.98 Å². The van der Waals surface area contributed by atoms with Crippen LogP contribution in [-0.4, -0.2) is 28.4 Å². The Morgan fingerprint density at radius 1 is 0.971 bits per heavy atom. The van der Waals surface area contributed by atoms with Crippen LogP contribution in [0, 0.1) is 0 Å². The van der Waals surface area contributed by atoms with Crippen molar-refractivity contribution < 1.29 is 9.53 Å². The van der Waals surface area contributed by atoms with Gasteiger partial charge in [0.2, 0.25) is 5.91 Å². The summed E-state index contributed by atoms with van der Waals surface area (Å²) in [4.78, 5) is 18.3. The normalized spacial score (nSPS) is 11.4. The zero-order chi connectivity index (χ0) is 24.6. The predicted octanol–water partition coefficient (Wildman–Crippen LogP) is 6.75. The molecule has 0 bridgehead atoms. The Kier molecular flexibility index (Phi) is 8.36. The summed E-state index contributed by atoms with van der Waals surface area (Å²) < 4.78 is 5.20. The van der Waals surface area contributed by atoms with Gasteiger partial charge in [0.05, 0.1) is 18.1 Å². The van der Waals surface area contributed by atoms with E-state index >= 15 is 0 Å². The molecule has 1 atom stereocenters. The SMILES string of the molecule is COc1ccc(-c2csc(NC(=O)C(C)Sc3cccc(NC(=S)Nc4ccccc4)c3)n2)cc1.